The van der Waals surface area contributed by atoms with Crippen LogP contribution in [0.25, 0.3) is 22.0 Å². The SMILES string of the molecule is O=C(c1ccc(I)cc1)c1ccc(-c2cccc3ccccc23)[nH]1. The number of aromatic nitrogens is 1. The maximum absolute atomic E-state index is 12.6. The van der Waals surface area contributed by atoms with Crippen molar-refractivity contribution >= 4 is 39.1 Å². The normalized spacial score (nSPS) is 10.9. The van der Waals surface area contributed by atoms with Crippen LogP contribution in [0.2, 0.25) is 0 Å². The fourth-order valence-electron chi connectivity index (χ4n) is 2.90. The monoisotopic (exact) mass is 423 g/mol. The summed E-state index contributed by atoms with van der Waals surface area (Å²) in [6.07, 6.45) is 0. The number of H-pyrrole nitrogens is 1. The highest BCUT2D eigenvalue weighted by atomic mass is 127. The fraction of sp³-hybridized carbons (Fsp3) is 0. The summed E-state index contributed by atoms with van der Waals surface area (Å²) in [5, 5.41) is 2.37. The zero-order valence-electron chi connectivity index (χ0n) is 12.8. The molecule has 0 aliphatic carbocycles. The maximum Gasteiger partial charge on any atom is 0.209 e. The van der Waals surface area contributed by atoms with Crippen molar-refractivity contribution in [1.82, 2.24) is 4.98 Å². The number of aromatic amines is 1. The van der Waals surface area contributed by atoms with E-state index in [0.29, 0.717) is 11.3 Å². The van der Waals surface area contributed by atoms with Crippen LogP contribution in [-0.2, 0) is 0 Å². The molecule has 0 saturated carbocycles. The molecule has 3 aromatic carbocycles. The lowest BCUT2D eigenvalue weighted by molar-refractivity contribution is 0.103. The summed E-state index contributed by atoms with van der Waals surface area (Å²) in [7, 11) is 0. The molecule has 0 radical (unpaired) electrons. The van der Waals surface area contributed by atoms with Crippen LogP contribution < -0.4 is 0 Å². The summed E-state index contributed by atoms with van der Waals surface area (Å²) in [4.78, 5) is 15.9. The number of ketones is 1. The van der Waals surface area contributed by atoms with E-state index in [9.17, 15) is 4.79 Å². The third-order valence-corrected chi connectivity index (χ3v) is 4.84. The minimum atomic E-state index is 0.0119. The van der Waals surface area contributed by atoms with Crippen LogP contribution in [0.4, 0.5) is 0 Å². The molecule has 24 heavy (non-hydrogen) atoms. The number of benzene rings is 3. The number of hydrogen-bond acceptors (Lipinski definition) is 1. The average molecular weight is 423 g/mol. The van der Waals surface area contributed by atoms with E-state index in [1.807, 2.05) is 54.6 Å². The highest BCUT2D eigenvalue weighted by Gasteiger charge is 2.13. The first-order valence-corrected chi connectivity index (χ1v) is 8.78. The first-order valence-electron chi connectivity index (χ1n) is 7.70. The largest absolute Gasteiger partial charge is 0.352 e. The van der Waals surface area contributed by atoms with Crippen molar-refractivity contribution in [2.45, 2.75) is 0 Å². The van der Waals surface area contributed by atoms with Crippen LogP contribution in [0.3, 0.4) is 0 Å². The number of hydrogen-bond donors (Lipinski definition) is 1. The van der Waals surface area contributed by atoms with E-state index in [4.69, 9.17) is 0 Å². The van der Waals surface area contributed by atoms with Crippen molar-refractivity contribution in [2.24, 2.45) is 0 Å². The molecule has 2 nitrogen and oxygen atoms in total. The zero-order chi connectivity index (χ0) is 16.5. The predicted octanol–water partition coefficient (Wildman–Crippen LogP) is 5.67. The number of rotatable bonds is 3. The minimum Gasteiger partial charge on any atom is -0.352 e. The van der Waals surface area contributed by atoms with Crippen molar-refractivity contribution in [3.8, 4) is 11.3 Å². The van der Waals surface area contributed by atoms with Gasteiger partial charge in [0.1, 0.15) is 0 Å². The highest BCUT2D eigenvalue weighted by molar-refractivity contribution is 14.1. The van der Waals surface area contributed by atoms with Gasteiger partial charge in [-0.1, -0.05) is 42.5 Å². The van der Waals surface area contributed by atoms with Gasteiger partial charge in [-0.05, 0) is 69.8 Å². The van der Waals surface area contributed by atoms with Crippen LogP contribution in [0.5, 0.6) is 0 Å². The average Bonchev–Trinajstić information content (AvgIpc) is 3.11. The van der Waals surface area contributed by atoms with Gasteiger partial charge in [-0.25, -0.2) is 0 Å². The quantitative estimate of drug-likeness (QED) is 0.334. The molecule has 0 spiro atoms. The van der Waals surface area contributed by atoms with Gasteiger partial charge in [-0.3, -0.25) is 4.79 Å². The smallest absolute Gasteiger partial charge is 0.209 e. The molecule has 4 rings (SSSR count). The molecule has 0 atom stereocenters. The molecule has 116 valence electrons. The third kappa shape index (κ3) is 2.76. The molecule has 0 amide bonds. The second-order valence-electron chi connectivity index (χ2n) is 5.65. The summed E-state index contributed by atoms with van der Waals surface area (Å²) >= 11 is 2.24. The highest BCUT2D eigenvalue weighted by Crippen LogP contribution is 2.28. The molecular weight excluding hydrogens is 409 g/mol. The lowest BCUT2D eigenvalue weighted by Crippen LogP contribution is -2.01. The summed E-state index contributed by atoms with van der Waals surface area (Å²) in [6.45, 7) is 0. The molecule has 3 heteroatoms. The Morgan fingerprint density at radius 2 is 1.54 bits per heavy atom. The van der Waals surface area contributed by atoms with Crippen LogP contribution in [0.15, 0.2) is 78.9 Å². The Balaban J connectivity index is 1.74. The second kappa shape index (κ2) is 6.24. The second-order valence-corrected chi connectivity index (χ2v) is 6.89. The van der Waals surface area contributed by atoms with Gasteiger partial charge in [0.15, 0.2) is 0 Å². The van der Waals surface area contributed by atoms with E-state index >= 15 is 0 Å². The van der Waals surface area contributed by atoms with Crippen molar-refractivity contribution in [3.63, 3.8) is 0 Å². The van der Waals surface area contributed by atoms with Gasteiger partial charge in [0.05, 0.1) is 5.69 Å². The van der Waals surface area contributed by atoms with E-state index < -0.39 is 0 Å². The number of carbonyl (C=O) groups excluding carboxylic acids is 1. The first-order chi connectivity index (χ1) is 11.7. The lowest BCUT2D eigenvalue weighted by Gasteiger charge is -2.05. The van der Waals surface area contributed by atoms with Crippen molar-refractivity contribution < 1.29 is 4.79 Å². The van der Waals surface area contributed by atoms with Gasteiger partial charge in [0.25, 0.3) is 0 Å². The van der Waals surface area contributed by atoms with E-state index in [2.05, 4.69) is 51.8 Å². The Hall–Kier alpha value is -2.40. The Kier molecular flexibility index (Phi) is 3.94. The molecule has 1 aromatic heterocycles. The summed E-state index contributed by atoms with van der Waals surface area (Å²) < 4.78 is 1.12. The molecule has 1 heterocycles. The molecule has 0 aliphatic heterocycles. The van der Waals surface area contributed by atoms with Gasteiger partial charge >= 0.3 is 0 Å². The predicted molar refractivity (Wildman–Crippen MR) is 106 cm³/mol. The summed E-state index contributed by atoms with van der Waals surface area (Å²) in [6, 6.07) is 25.9. The van der Waals surface area contributed by atoms with Gasteiger partial charge in [-0.2, -0.15) is 0 Å². The molecule has 1 N–H and O–H groups in total. The number of halogens is 1. The molecular formula is C21H14INO. The van der Waals surface area contributed by atoms with Gasteiger partial charge in [-0.15, -0.1) is 0 Å². The number of carbonyl (C=O) groups is 1. The van der Waals surface area contributed by atoms with Crippen LogP contribution in [0, 0.1) is 3.57 Å². The van der Waals surface area contributed by atoms with E-state index in [1.54, 1.807) is 0 Å². The topological polar surface area (TPSA) is 32.9 Å². The minimum absolute atomic E-state index is 0.0119. The number of fused-ring (bicyclic) bond motifs is 1. The van der Waals surface area contributed by atoms with Gasteiger partial charge in [0.2, 0.25) is 5.78 Å². The Labute approximate surface area is 153 Å². The fourth-order valence-corrected chi connectivity index (χ4v) is 3.26. The Bertz CT molecular complexity index is 1030. The zero-order valence-corrected chi connectivity index (χ0v) is 14.9. The van der Waals surface area contributed by atoms with Crippen molar-refractivity contribution in [1.29, 1.82) is 0 Å². The number of nitrogens with one attached hydrogen (secondary N) is 1. The summed E-state index contributed by atoms with van der Waals surface area (Å²) in [5.41, 5.74) is 3.37. The third-order valence-electron chi connectivity index (χ3n) is 4.12. The standard InChI is InChI=1S/C21H14INO/c22-16-10-8-15(9-11-16)21(24)20-13-12-19(23-20)18-7-3-5-14-4-1-2-6-17(14)18/h1-13,23H. The summed E-state index contributed by atoms with van der Waals surface area (Å²) in [5.74, 6) is 0.0119. The molecule has 4 aromatic rings. The molecule has 0 unspecified atom stereocenters. The van der Waals surface area contributed by atoms with Crippen LogP contribution in [-0.4, -0.2) is 10.8 Å². The van der Waals surface area contributed by atoms with Gasteiger partial charge < -0.3 is 4.98 Å². The van der Waals surface area contributed by atoms with E-state index in [-0.39, 0.29) is 5.78 Å². The molecule has 0 fully saturated rings. The van der Waals surface area contributed by atoms with E-state index in [0.717, 1.165) is 14.8 Å². The molecule has 0 aliphatic rings. The Morgan fingerprint density at radius 1 is 0.792 bits per heavy atom. The van der Waals surface area contributed by atoms with Crippen molar-refractivity contribution in [3.05, 3.63) is 93.7 Å². The lowest BCUT2D eigenvalue weighted by atomic mass is 10.0. The van der Waals surface area contributed by atoms with E-state index in [1.165, 1.54) is 10.8 Å². The van der Waals surface area contributed by atoms with Crippen LogP contribution in [0.1, 0.15) is 16.1 Å². The molecule has 0 saturated heterocycles. The first kappa shape index (κ1) is 15.1. The molecule has 0 bridgehead atoms. The maximum atomic E-state index is 12.6. The Morgan fingerprint density at radius 3 is 2.38 bits per heavy atom. The van der Waals surface area contributed by atoms with Crippen LogP contribution >= 0.6 is 22.6 Å². The van der Waals surface area contributed by atoms with Gasteiger partial charge in [0, 0.05) is 20.4 Å². The van der Waals surface area contributed by atoms with Crippen molar-refractivity contribution in [2.75, 3.05) is 0 Å².